The summed E-state index contributed by atoms with van der Waals surface area (Å²) in [5.74, 6) is 0.166. The molecule has 1 aliphatic heterocycles. The molecule has 0 aliphatic carbocycles. The first kappa shape index (κ1) is 20.1. The van der Waals surface area contributed by atoms with Crippen LogP contribution in [0.1, 0.15) is 57.4 Å². The molecule has 1 amide bonds. The first-order chi connectivity index (χ1) is 12.8. The zero-order valence-corrected chi connectivity index (χ0v) is 17.7. The second-order valence-electron chi connectivity index (χ2n) is 8.39. The molecule has 0 unspecified atom stereocenters. The normalized spacial score (nSPS) is 21.4. The Morgan fingerprint density at radius 1 is 1.26 bits per heavy atom. The Balaban J connectivity index is 1.82. The van der Waals surface area contributed by atoms with E-state index in [2.05, 4.69) is 73.5 Å². The molecule has 1 aliphatic rings. The predicted octanol–water partition coefficient (Wildman–Crippen LogP) is 5.25. The maximum Gasteiger partial charge on any atom is 0.219 e. The van der Waals surface area contributed by atoms with Gasteiger partial charge in [-0.3, -0.25) is 4.79 Å². The lowest BCUT2D eigenvalue weighted by molar-refractivity contribution is -0.138. The van der Waals surface area contributed by atoms with Crippen LogP contribution in [0.3, 0.4) is 0 Å². The van der Waals surface area contributed by atoms with Gasteiger partial charge in [-0.1, -0.05) is 43.3 Å². The van der Waals surface area contributed by atoms with E-state index >= 15 is 0 Å². The molecular formula is C23H31NO2S. The van der Waals surface area contributed by atoms with E-state index in [4.69, 9.17) is 4.74 Å². The fourth-order valence-electron chi connectivity index (χ4n) is 4.22. The number of ether oxygens (including phenoxy) is 1. The number of carbonyl (C=O) groups excluding carboxylic acids is 1. The molecule has 1 fully saturated rings. The van der Waals surface area contributed by atoms with E-state index < -0.39 is 0 Å². The predicted molar refractivity (Wildman–Crippen MR) is 112 cm³/mol. The zero-order valence-electron chi connectivity index (χ0n) is 16.9. The van der Waals surface area contributed by atoms with Crippen LogP contribution in [-0.2, 0) is 14.9 Å². The molecule has 0 N–H and O–H groups in total. The monoisotopic (exact) mass is 385 g/mol. The Hall–Kier alpha value is -1.65. The Morgan fingerprint density at radius 3 is 2.59 bits per heavy atom. The van der Waals surface area contributed by atoms with Crippen LogP contribution in [0, 0.1) is 0 Å². The standard InChI is InChI=1S/C23H31NO2S/c1-18(25)24(20-12-15-26-22(2,3)17-20)14-13-23(4,21-11-8-16-27-21)19-9-6-5-7-10-19/h5-11,16,20H,12-15,17H2,1-4H3/t20-,23+/m0/s1. The van der Waals surface area contributed by atoms with Crippen LogP contribution in [-0.4, -0.2) is 35.6 Å². The number of carbonyl (C=O) groups is 1. The fourth-order valence-corrected chi connectivity index (χ4v) is 5.16. The third-order valence-corrected chi connectivity index (χ3v) is 6.98. The van der Waals surface area contributed by atoms with Gasteiger partial charge >= 0.3 is 0 Å². The van der Waals surface area contributed by atoms with Crippen molar-refractivity contribution in [2.45, 2.75) is 64.0 Å². The number of hydrogen-bond donors (Lipinski definition) is 0. The maximum atomic E-state index is 12.5. The maximum absolute atomic E-state index is 12.5. The molecule has 2 aromatic rings. The minimum atomic E-state index is -0.160. The van der Waals surface area contributed by atoms with Gasteiger partial charge in [0.25, 0.3) is 0 Å². The minimum Gasteiger partial charge on any atom is -0.375 e. The van der Waals surface area contributed by atoms with Crippen molar-refractivity contribution >= 4 is 17.2 Å². The van der Waals surface area contributed by atoms with E-state index in [9.17, 15) is 4.79 Å². The molecule has 2 atom stereocenters. The summed E-state index contributed by atoms with van der Waals surface area (Å²) in [6.45, 7) is 9.74. The molecule has 146 valence electrons. The van der Waals surface area contributed by atoms with Crippen LogP contribution >= 0.6 is 11.3 Å². The molecule has 1 aromatic heterocycles. The van der Waals surface area contributed by atoms with Crippen molar-refractivity contribution in [3.8, 4) is 0 Å². The summed E-state index contributed by atoms with van der Waals surface area (Å²) < 4.78 is 5.86. The highest BCUT2D eigenvalue weighted by molar-refractivity contribution is 7.10. The highest BCUT2D eigenvalue weighted by Gasteiger charge is 2.36. The third kappa shape index (κ3) is 4.61. The molecule has 3 nitrogen and oxygen atoms in total. The van der Waals surface area contributed by atoms with Gasteiger partial charge in [0.15, 0.2) is 0 Å². The van der Waals surface area contributed by atoms with Crippen molar-refractivity contribution in [3.63, 3.8) is 0 Å². The van der Waals surface area contributed by atoms with Crippen molar-refractivity contribution in [1.29, 1.82) is 0 Å². The van der Waals surface area contributed by atoms with Gasteiger partial charge in [0.2, 0.25) is 5.91 Å². The lowest BCUT2D eigenvalue weighted by Crippen LogP contribution is -2.49. The van der Waals surface area contributed by atoms with E-state index in [0.717, 1.165) is 32.4 Å². The summed E-state index contributed by atoms with van der Waals surface area (Å²) in [4.78, 5) is 15.9. The molecular weight excluding hydrogens is 354 g/mol. The first-order valence-corrected chi connectivity index (χ1v) is 10.7. The van der Waals surface area contributed by atoms with Gasteiger partial charge in [0, 0.05) is 36.4 Å². The Labute approximate surface area is 167 Å². The molecule has 1 saturated heterocycles. The summed E-state index contributed by atoms with van der Waals surface area (Å²) in [5.41, 5.74) is 1.06. The smallest absolute Gasteiger partial charge is 0.219 e. The summed E-state index contributed by atoms with van der Waals surface area (Å²) in [6.07, 6.45) is 2.73. The quantitative estimate of drug-likeness (QED) is 0.680. The number of nitrogens with zero attached hydrogens (tertiary/aromatic N) is 1. The van der Waals surface area contributed by atoms with Crippen molar-refractivity contribution in [1.82, 2.24) is 4.90 Å². The van der Waals surface area contributed by atoms with E-state index in [1.54, 1.807) is 18.3 Å². The molecule has 1 aromatic carbocycles. The van der Waals surface area contributed by atoms with Crippen LogP contribution in [0.15, 0.2) is 47.8 Å². The van der Waals surface area contributed by atoms with Crippen LogP contribution < -0.4 is 0 Å². The summed E-state index contributed by atoms with van der Waals surface area (Å²) in [6, 6.07) is 15.3. The molecule has 4 heteroatoms. The summed E-state index contributed by atoms with van der Waals surface area (Å²) in [5, 5.41) is 2.14. The van der Waals surface area contributed by atoms with Crippen molar-refractivity contribution in [3.05, 3.63) is 58.3 Å². The first-order valence-electron chi connectivity index (χ1n) is 9.82. The van der Waals surface area contributed by atoms with E-state index in [1.807, 2.05) is 0 Å². The molecule has 27 heavy (non-hydrogen) atoms. The van der Waals surface area contributed by atoms with Gasteiger partial charge in [-0.15, -0.1) is 11.3 Å². The lowest BCUT2D eigenvalue weighted by Gasteiger charge is -2.42. The van der Waals surface area contributed by atoms with Crippen molar-refractivity contribution < 1.29 is 9.53 Å². The number of rotatable bonds is 6. The Kier molecular flexibility index (Phi) is 6.07. The average Bonchev–Trinajstić information content (AvgIpc) is 3.16. The highest BCUT2D eigenvalue weighted by Crippen LogP contribution is 2.38. The fraction of sp³-hybridized carbons (Fsp3) is 0.522. The summed E-state index contributed by atoms with van der Waals surface area (Å²) >= 11 is 1.80. The van der Waals surface area contributed by atoms with E-state index in [1.165, 1.54) is 10.4 Å². The second kappa shape index (κ2) is 8.15. The molecule has 0 saturated carbocycles. The second-order valence-corrected chi connectivity index (χ2v) is 9.34. The third-order valence-electron chi connectivity index (χ3n) is 5.84. The molecule has 0 bridgehead atoms. The molecule has 2 heterocycles. The molecule has 0 spiro atoms. The summed E-state index contributed by atoms with van der Waals surface area (Å²) in [7, 11) is 0. The van der Waals surface area contributed by atoms with Gasteiger partial charge in [0.1, 0.15) is 0 Å². The van der Waals surface area contributed by atoms with Gasteiger partial charge in [-0.05, 0) is 50.1 Å². The number of hydrogen-bond acceptors (Lipinski definition) is 3. The van der Waals surface area contributed by atoms with Crippen LogP contribution in [0.2, 0.25) is 0 Å². The van der Waals surface area contributed by atoms with Gasteiger partial charge < -0.3 is 9.64 Å². The highest BCUT2D eigenvalue weighted by atomic mass is 32.1. The van der Waals surface area contributed by atoms with Crippen LogP contribution in [0.25, 0.3) is 0 Å². The SMILES string of the molecule is CC(=O)N(CC[C@](C)(c1ccccc1)c1cccs1)[C@H]1CCOC(C)(C)C1. The zero-order chi connectivity index (χ0) is 19.5. The van der Waals surface area contributed by atoms with Crippen LogP contribution in [0.5, 0.6) is 0 Å². The van der Waals surface area contributed by atoms with Crippen molar-refractivity contribution in [2.24, 2.45) is 0 Å². The Bertz CT molecular complexity index is 741. The van der Waals surface area contributed by atoms with Gasteiger partial charge in [-0.2, -0.15) is 0 Å². The molecule has 0 radical (unpaired) electrons. The number of benzene rings is 1. The molecule has 3 rings (SSSR count). The number of amides is 1. The van der Waals surface area contributed by atoms with Gasteiger partial charge in [0.05, 0.1) is 5.60 Å². The van der Waals surface area contributed by atoms with Crippen LogP contribution in [0.4, 0.5) is 0 Å². The number of thiophene rings is 1. The largest absolute Gasteiger partial charge is 0.375 e. The topological polar surface area (TPSA) is 29.5 Å². The minimum absolute atomic E-state index is 0.0934. The van der Waals surface area contributed by atoms with Crippen molar-refractivity contribution in [2.75, 3.05) is 13.2 Å². The lowest BCUT2D eigenvalue weighted by atomic mass is 9.77. The average molecular weight is 386 g/mol. The Morgan fingerprint density at radius 2 is 2.00 bits per heavy atom. The van der Waals surface area contributed by atoms with Gasteiger partial charge in [-0.25, -0.2) is 0 Å². The van der Waals surface area contributed by atoms with E-state index in [0.29, 0.717) is 0 Å². The van der Waals surface area contributed by atoms with E-state index in [-0.39, 0.29) is 23.0 Å².